The molecule has 0 saturated carbocycles. The number of carbonyl (C=O) groups excluding carboxylic acids is 1. The first-order valence-corrected chi connectivity index (χ1v) is 13.7. The Labute approximate surface area is 233 Å². The van der Waals surface area contributed by atoms with Crippen molar-refractivity contribution in [2.45, 2.75) is 19.8 Å². The van der Waals surface area contributed by atoms with E-state index in [0.29, 0.717) is 47.7 Å². The molecule has 4 heterocycles. The second-order valence-corrected chi connectivity index (χ2v) is 11.0. The molecule has 2 aliphatic rings. The van der Waals surface area contributed by atoms with E-state index >= 15 is 0 Å². The predicted octanol–water partition coefficient (Wildman–Crippen LogP) is 3.53. The molecule has 2 aliphatic heterocycles. The fourth-order valence-corrected chi connectivity index (χ4v) is 6.04. The van der Waals surface area contributed by atoms with Gasteiger partial charge in [0.2, 0.25) is 0 Å². The fourth-order valence-electron chi connectivity index (χ4n) is 4.75. The summed E-state index contributed by atoms with van der Waals surface area (Å²) in [6.45, 7) is 4.12. The third-order valence-corrected chi connectivity index (χ3v) is 8.14. The first kappa shape index (κ1) is 26.8. The Balaban J connectivity index is 1.49. The molecule has 1 aromatic carbocycles. The third-order valence-electron chi connectivity index (χ3n) is 6.76. The highest BCUT2D eigenvalue weighted by Crippen LogP contribution is 2.34. The van der Waals surface area contributed by atoms with Crippen molar-refractivity contribution < 1.29 is 19.1 Å². The summed E-state index contributed by atoms with van der Waals surface area (Å²) in [5, 5.41) is 8.93. The molecule has 2 aromatic heterocycles. The minimum Gasteiger partial charge on any atom is -0.481 e. The number of carboxylic acid groups (broad SMARTS) is 1. The summed E-state index contributed by atoms with van der Waals surface area (Å²) < 4.78 is 16.2. The number of thiocarbonyl (C=S) groups is 1. The molecule has 0 bridgehead atoms. The van der Waals surface area contributed by atoms with E-state index in [1.54, 1.807) is 36.5 Å². The van der Waals surface area contributed by atoms with Gasteiger partial charge in [0, 0.05) is 45.3 Å². The number of carboxylic acids is 1. The van der Waals surface area contributed by atoms with Gasteiger partial charge in [-0.1, -0.05) is 42.2 Å². The van der Waals surface area contributed by atoms with Crippen LogP contribution in [0.2, 0.25) is 0 Å². The number of aliphatic carboxylic acids is 1. The van der Waals surface area contributed by atoms with Crippen LogP contribution in [0.4, 0.5) is 15.9 Å². The zero-order valence-electron chi connectivity index (χ0n) is 21.2. The first-order chi connectivity index (χ1) is 18.7. The third kappa shape index (κ3) is 5.39. The number of para-hydroxylation sites is 1. The van der Waals surface area contributed by atoms with Gasteiger partial charge in [-0.3, -0.25) is 23.7 Å². The smallest absolute Gasteiger partial charge is 0.303 e. The molecule has 1 N–H and O–H groups in total. The Bertz CT molecular complexity index is 1570. The van der Waals surface area contributed by atoms with E-state index in [4.69, 9.17) is 22.3 Å². The van der Waals surface area contributed by atoms with Gasteiger partial charge in [0.05, 0.1) is 16.2 Å². The lowest BCUT2D eigenvalue weighted by Gasteiger charge is -2.37. The van der Waals surface area contributed by atoms with E-state index in [2.05, 4.69) is 0 Å². The summed E-state index contributed by atoms with van der Waals surface area (Å²) in [4.78, 5) is 48.3. The van der Waals surface area contributed by atoms with Crippen LogP contribution < -0.4 is 15.4 Å². The van der Waals surface area contributed by atoms with Gasteiger partial charge in [0.25, 0.3) is 11.5 Å². The van der Waals surface area contributed by atoms with E-state index in [-0.39, 0.29) is 47.1 Å². The van der Waals surface area contributed by atoms with Crippen molar-refractivity contribution in [3.05, 3.63) is 74.8 Å². The number of hydrogen-bond acceptors (Lipinski definition) is 8. The quantitative estimate of drug-likeness (QED) is 0.340. The van der Waals surface area contributed by atoms with Crippen molar-refractivity contribution in [1.82, 2.24) is 14.3 Å². The Hall–Kier alpha value is -3.77. The van der Waals surface area contributed by atoms with Crippen molar-refractivity contribution in [2.24, 2.45) is 0 Å². The molecule has 202 valence electrons. The second kappa shape index (κ2) is 11.1. The molecule has 2 fully saturated rings. The van der Waals surface area contributed by atoms with E-state index in [1.165, 1.54) is 15.4 Å². The Morgan fingerprint density at radius 2 is 1.85 bits per heavy atom. The summed E-state index contributed by atoms with van der Waals surface area (Å²) in [5.74, 6) is -1.13. The van der Waals surface area contributed by atoms with Crippen molar-refractivity contribution in [3.63, 3.8) is 0 Å². The van der Waals surface area contributed by atoms with Crippen LogP contribution in [0.15, 0.2) is 52.3 Å². The zero-order valence-corrected chi connectivity index (χ0v) is 22.8. The maximum absolute atomic E-state index is 14.4. The molecule has 0 radical (unpaired) electrons. The number of anilines is 2. The number of nitrogens with zero attached hydrogens (tertiary/aromatic N) is 5. The van der Waals surface area contributed by atoms with Crippen LogP contribution in [0.25, 0.3) is 11.7 Å². The van der Waals surface area contributed by atoms with Gasteiger partial charge in [0.15, 0.2) is 0 Å². The summed E-state index contributed by atoms with van der Waals surface area (Å²) in [6.07, 6.45) is 3.38. The molecule has 0 atom stereocenters. The summed E-state index contributed by atoms with van der Waals surface area (Å²) >= 11 is 6.46. The molecular weight excluding hydrogens is 541 g/mol. The average Bonchev–Trinajstić information content (AvgIpc) is 3.18. The fraction of sp³-hybridized carbons (Fsp3) is 0.296. The van der Waals surface area contributed by atoms with Crippen LogP contribution in [0.1, 0.15) is 24.0 Å². The molecular formula is C27H26FN5O4S2. The summed E-state index contributed by atoms with van der Waals surface area (Å²) in [6, 6.07) is 10.3. The normalized spacial score (nSPS) is 17.1. The van der Waals surface area contributed by atoms with Gasteiger partial charge in [-0.2, -0.15) is 0 Å². The number of aryl methyl sites for hydroxylation is 1. The van der Waals surface area contributed by atoms with Gasteiger partial charge >= 0.3 is 5.97 Å². The molecule has 39 heavy (non-hydrogen) atoms. The van der Waals surface area contributed by atoms with Crippen molar-refractivity contribution in [3.8, 4) is 0 Å². The summed E-state index contributed by atoms with van der Waals surface area (Å²) in [5.41, 5.74) is 1.84. The largest absolute Gasteiger partial charge is 0.481 e. The molecule has 2 saturated heterocycles. The lowest BCUT2D eigenvalue weighted by atomic mass is 10.2. The van der Waals surface area contributed by atoms with Gasteiger partial charge in [-0.15, -0.1) is 0 Å². The molecule has 5 rings (SSSR count). The number of rotatable bonds is 7. The molecule has 1 amide bonds. The van der Waals surface area contributed by atoms with E-state index in [1.807, 2.05) is 22.8 Å². The second-order valence-electron chi connectivity index (χ2n) is 9.30. The molecule has 3 aromatic rings. The zero-order chi connectivity index (χ0) is 27.7. The van der Waals surface area contributed by atoms with Crippen molar-refractivity contribution >= 4 is 63.4 Å². The molecule has 0 spiro atoms. The molecule has 9 nitrogen and oxygen atoms in total. The SMILES string of the molecule is Cc1cccn2c(=O)c(/C=C3/SC(=S)N(CCCC(=O)O)C3=O)c(N3CCN(c4ccccc4F)CC3)nc12. The number of aromatic nitrogens is 2. The van der Waals surface area contributed by atoms with Crippen LogP contribution in [0.5, 0.6) is 0 Å². The predicted molar refractivity (Wildman–Crippen MR) is 154 cm³/mol. The number of thioether (sulfide) groups is 1. The monoisotopic (exact) mass is 567 g/mol. The van der Waals surface area contributed by atoms with E-state index in [0.717, 1.165) is 17.3 Å². The van der Waals surface area contributed by atoms with Gasteiger partial charge in [-0.05, 0) is 43.2 Å². The molecule has 0 unspecified atom stereocenters. The highest BCUT2D eigenvalue weighted by atomic mass is 32.2. The average molecular weight is 568 g/mol. The number of amides is 1. The van der Waals surface area contributed by atoms with Gasteiger partial charge in [-0.25, -0.2) is 9.37 Å². The number of fused-ring (bicyclic) bond motifs is 1. The summed E-state index contributed by atoms with van der Waals surface area (Å²) in [7, 11) is 0. The lowest BCUT2D eigenvalue weighted by Crippen LogP contribution is -2.47. The number of piperazine rings is 1. The Morgan fingerprint density at radius 1 is 1.13 bits per heavy atom. The molecule has 12 heteroatoms. The number of halogens is 1. The lowest BCUT2D eigenvalue weighted by molar-refractivity contribution is -0.137. The minimum atomic E-state index is -0.943. The number of hydrogen-bond donors (Lipinski definition) is 1. The number of carbonyl (C=O) groups is 2. The van der Waals surface area contributed by atoms with E-state index < -0.39 is 5.97 Å². The van der Waals surface area contributed by atoms with Crippen LogP contribution >= 0.6 is 24.0 Å². The number of pyridine rings is 1. The van der Waals surface area contributed by atoms with Crippen molar-refractivity contribution in [1.29, 1.82) is 0 Å². The van der Waals surface area contributed by atoms with E-state index in [9.17, 15) is 18.8 Å². The van der Waals surface area contributed by atoms with Crippen molar-refractivity contribution in [2.75, 3.05) is 42.5 Å². The minimum absolute atomic E-state index is 0.0750. The highest BCUT2D eigenvalue weighted by Gasteiger charge is 2.33. The Kier molecular flexibility index (Phi) is 7.67. The maximum Gasteiger partial charge on any atom is 0.303 e. The molecule has 0 aliphatic carbocycles. The van der Waals surface area contributed by atoms with Crippen LogP contribution in [0, 0.1) is 12.7 Å². The van der Waals surface area contributed by atoms with Gasteiger partial charge in [0.1, 0.15) is 21.6 Å². The topological polar surface area (TPSA) is 98.5 Å². The van der Waals surface area contributed by atoms with Crippen LogP contribution in [-0.4, -0.2) is 68.3 Å². The highest BCUT2D eigenvalue weighted by molar-refractivity contribution is 8.26. The number of benzene rings is 1. The van der Waals surface area contributed by atoms with Gasteiger partial charge < -0.3 is 14.9 Å². The maximum atomic E-state index is 14.4. The van der Waals surface area contributed by atoms with Crippen LogP contribution in [-0.2, 0) is 9.59 Å². The first-order valence-electron chi connectivity index (χ1n) is 12.5. The van der Waals surface area contributed by atoms with Crippen LogP contribution in [0.3, 0.4) is 0 Å². The Morgan fingerprint density at radius 3 is 2.56 bits per heavy atom. The standard InChI is InChI=1S/C27H26FN5O4S2/c1-17-6-4-10-32-23(17)29-24(31-14-12-30(13-15-31)20-8-3-2-7-19(20)28)18(25(32)36)16-21-26(37)33(27(38)39-21)11-5-9-22(34)35/h2-4,6-8,10,16H,5,9,11-15H2,1H3,(H,34,35)/b21-16+.